The third-order valence-corrected chi connectivity index (χ3v) is 1.63. The summed E-state index contributed by atoms with van der Waals surface area (Å²) < 4.78 is 5.28. The van der Waals surface area contributed by atoms with Crippen LogP contribution in [-0.2, 0) is 4.74 Å². The summed E-state index contributed by atoms with van der Waals surface area (Å²) in [5.74, 6) is 0. The fraction of sp³-hybridized carbons (Fsp3) is 0.857. The van der Waals surface area contributed by atoms with Crippen LogP contribution in [0, 0.1) is 6.61 Å². The van der Waals surface area contributed by atoms with Gasteiger partial charge in [0, 0.05) is 0 Å². The zero-order chi connectivity index (χ0) is 5.82. The van der Waals surface area contributed by atoms with Gasteiger partial charge in [-0.1, -0.05) is 12.8 Å². The number of ether oxygens (including phenoxy) is 1. The topological polar surface area (TPSA) is 9.23 Å². The molecule has 8 heavy (non-hydrogen) atoms. The number of hydrogen-bond acceptors (Lipinski definition) is 1. The van der Waals surface area contributed by atoms with Gasteiger partial charge in [0.25, 0.3) is 0 Å². The van der Waals surface area contributed by atoms with Crippen LogP contribution in [0.15, 0.2) is 0 Å². The third kappa shape index (κ3) is 1.48. The van der Waals surface area contributed by atoms with Gasteiger partial charge in [-0.15, -0.1) is 0 Å². The van der Waals surface area contributed by atoms with Crippen LogP contribution in [0.1, 0.15) is 32.6 Å². The quantitative estimate of drug-likeness (QED) is 0.533. The van der Waals surface area contributed by atoms with Crippen LogP contribution in [0.4, 0.5) is 0 Å². The van der Waals surface area contributed by atoms with E-state index in [1.165, 1.54) is 25.7 Å². The van der Waals surface area contributed by atoms with Gasteiger partial charge in [-0.05, 0) is 19.8 Å². The molecule has 0 heterocycles. The molecule has 0 bridgehead atoms. The third-order valence-electron chi connectivity index (χ3n) is 1.63. The van der Waals surface area contributed by atoms with E-state index in [4.69, 9.17) is 4.74 Å². The Kier molecular flexibility index (Phi) is 2.34. The average molecular weight is 113 g/mol. The standard InChI is InChI=1S/C7H13O/c1-2-8-7-5-3-4-6-7/h2,7H,3-6H2,1H3. The van der Waals surface area contributed by atoms with Crippen molar-refractivity contribution < 1.29 is 4.74 Å². The highest BCUT2D eigenvalue weighted by Gasteiger charge is 2.13. The minimum atomic E-state index is 0.556. The Balaban J connectivity index is 2.06. The smallest absolute Gasteiger partial charge is 0.0809 e. The monoisotopic (exact) mass is 113 g/mol. The van der Waals surface area contributed by atoms with Gasteiger partial charge in [-0.3, -0.25) is 0 Å². The Morgan fingerprint density at radius 2 is 2.00 bits per heavy atom. The number of rotatable bonds is 2. The SMILES string of the molecule is C[CH]OC1CCCC1. The lowest BCUT2D eigenvalue weighted by molar-refractivity contribution is 0.115. The van der Waals surface area contributed by atoms with E-state index in [1.54, 1.807) is 6.61 Å². The van der Waals surface area contributed by atoms with Crippen LogP contribution < -0.4 is 0 Å². The van der Waals surface area contributed by atoms with Gasteiger partial charge < -0.3 is 4.74 Å². The van der Waals surface area contributed by atoms with Gasteiger partial charge in [0.2, 0.25) is 0 Å². The van der Waals surface area contributed by atoms with Crippen LogP contribution in [0.2, 0.25) is 0 Å². The molecule has 1 nitrogen and oxygen atoms in total. The van der Waals surface area contributed by atoms with Gasteiger partial charge >= 0.3 is 0 Å². The van der Waals surface area contributed by atoms with E-state index in [9.17, 15) is 0 Å². The van der Waals surface area contributed by atoms with E-state index in [1.807, 2.05) is 6.92 Å². The Bertz CT molecular complexity index is 55.4. The normalized spacial score (nSPS) is 22.1. The van der Waals surface area contributed by atoms with Crippen molar-refractivity contribution in [2.24, 2.45) is 0 Å². The van der Waals surface area contributed by atoms with Crippen molar-refractivity contribution in [3.05, 3.63) is 6.61 Å². The van der Waals surface area contributed by atoms with Crippen molar-refractivity contribution in [3.63, 3.8) is 0 Å². The highest BCUT2D eigenvalue weighted by atomic mass is 16.5. The van der Waals surface area contributed by atoms with E-state index in [0.29, 0.717) is 6.10 Å². The molecule has 0 spiro atoms. The lowest BCUT2D eigenvalue weighted by atomic mass is 10.3. The van der Waals surface area contributed by atoms with E-state index in [-0.39, 0.29) is 0 Å². The summed E-state index contributed by atoms with van der Waals surface area (Å²) >= 11 is 0. The molecule has 1 aliphatic carbocycles. The van der Waals surface area contributed by atoms with E-state index >= 15 is 0 Å². The molecule has 1 radical (unpaired) electrons. The molecule has 0 unspecified atom stereocenters. The maximum Gasteiger partial charge on any atom is 0.0809 e. The molecule has 0 N–H and O–H groups in total. The molecule has 1 heteroatoms. The second kappa shape index (κ2) is 3.08. The molecule has 1 rings (SSSR count). The van der Waals surface area contributed by atoms with Crippen LogP contribution in [0.3, 0.4) is 0 Å². The molecule has 0 saturated heterocycles. The van der Waals surface area contributed by atoms with Gasteiger partial charge in [-0.2, -0.15) is 0 Å². The van der Waals surface area contributed by atoms with Gasteiger partial charge in [-0.25, -0.2) is 0 Å². The van der Waals surface area contributed by atoms with Crippen LogP contribution in [0.25, 0.3) is 0 Å². The molecule has 1 saturated carbocycles. The molecule has 0 aliphatic heterocycles. The second-order valence-corrected chi connectivity index (χ2v) is 2.28. The van der Waals surface area contributed by atoms with Gasteiger partial charge in [0.15, 0.2) is 0 Å². The van der Waals surface area contributed by atoms with Crippen LogP contribution in [-0.4, -0.2) is 6.10 Å². The first-order chi connectivity index (χ1) is 3.93. The minimum absolute atomic E-state index is 0.556. The first-order valence-electron chi connectivity index (χ1n) is 3.37. The second-order valence-electron chi connectivity index (χ2n) is 2.28. The van der Waals surface area contributed by atoms with Gasteiger partial charge in [0.1, 0.15) is 0 Å². The Morgan fingerprint density at radius 1 is 1.38 bits per heavy atom. The summed E-state index contributed by atoms with van der Waals surface area (Å²) in [6.07, 6.45) is 5.81. The predicted molar refractivity (Wildman–Crippen MR) is 33.3 cm³/mol. The van der Waals surface area contributed by atoms with Crippen molar-refractivity contribution in [3.8, 4) is 0 Å². The van der Waals surface area contributed by atoms with Crippen LogP contribution >= 0.6 is 0 Å². The summed E-state index contributed by atoms with van der Waals surface area (Å²) in [5.41, 5.74) is 0. The predicted octanol–water partition coefficient (Wildman–Crippen LogP) is 2.13. The molecule has 1 aliphatic rings. The molecule has 0 amide bonds. The Morgan fingerprint density at radius 3 is 2.50 bits per heavy atom. The Hall–Kier alpha value is -0.0400. The summed E-state index contributed by atoms with van der Waals surface area (Å²) in [7, 11) is 0. The summed E-state index contributed by atoms with van der Waals surface area (Å²) in [6.45, 7) is 3.74. The highest BCUT2D eigenvalue weighted by Crippen LogP contribution is 2.20. The maximum atomic E-state index is 5.28. The van der Waals surface area contributed by atoms with Crippen molar-refractivity contribution in [2.75, 3.05) is 0 Å². The zero-order valence-electron chi connectivity index (χ0n) is 5.39. The first-order valence-corrected chi connectivity index (χ1v) is 3.37. The Labute approximate surface area is 51.0 Å². The molecule has 0 aromatic heterocycles. The first kappa shape index (κ1) is 6.09. The highest BCUT2D eigenvalue weighted by molar-refractivity contribution is 4.67. The zero-order valence-corrected chi connectivity index (χ0v) is 5.39. The fourth-order valence-corrected chi connectivity index (χ4v) is 1.22. The van der Waals surface area contributed by atoms with E-state index < -0.39 is 0 Å². The number of hydrogen-bond donors (Lipinski definition) is 0. The molecule has 47 valence electrons. The van der Waals surface area contributed by atoms with Crippen molar-refractivity contribution in [1.29, 1.82) is 0 Å². The van der Waals surface area contributed by atoms with E-state index in [0.717, 1.165) is 0 Å². The summed E-state index contributed by atoms with van der Waals surface area (Å²) in [6, 6.07) is 0. The van der Waals surface area contributed by atoms with Gasteiger partial charge in [0.05, 0.1) is 12.7 Å². The minimum Gasteiger partial charge on any atom is -0.373 e. The van der Waals surface area contributed by atoms with Crippen molar-refractivity contribution >= 4 is 0 Å². The molecular formula is C7H13O. The molecule has 0 aromatic carbocycles. The lowest BCUT2D eigenvalue weighted by Gasteiger charge is -2.05. The van der Waals surface area contributed by atoms with Crippen molar-refractivity contribution in [2.45, 2.75) is 38.7 Å². The van der Waals surface area contributed by atoms with Crippen LogP contribution in [0.5, 0.6) is 0 Å². The molecule has 0 atom stereocenters. The van der Waals surface area contributed by atoms with Crippen molar-refractivity contribution in [1.82, 2.24) is 0 Å². The molecule has 1 fully saturated rings. The van der Waals surface area contributed by atoms with E-state index in [2.05, 4.69) is 0 Å². The summed E-state index contributed by atoms with van der Waals surface area (Å²) in [5, 5.41) is 0. The average Bonchev–Trinajstić information content (AvgIpc) is 2.19. The molecular weight excluding hydrogens is 100 g/mol. The fourth-order valence-electron chi connectivity index (χ4n) is 1.22. The maximum absolute atomic E-state index is 5.28. The molecule has 0 aromatic rings. The summed E-state index contributed by atoms with van der Waals surface area (Å²) in [4.78, 5) is 0. The largest absolute Gasteiger partial charge is 0.373 e. The lowest BCUT2D eigenvalue weighted by Crippen LogP contribution is -2.02.